The lowest BCUT2D eigenvalue weighted by Gasteiger charge is -2.40. The van der Waals surface area contributed by atoms with E-state index in [0.717, 1.165) is 0 Å². The number of pyridine rings is 2. The number of amides is 4. The third-order valence-corrected chi connectivity index (χ3v) is 7.55. The Bertz CT molecular complexity index is 1240. The van der Waals surface area contributed by atoms with E-state index in [1.54, 1.807) is 31.5 Å². The van der Waals surface area contributed by atoms with Gasteiger partial charge in [0.1, 0.15) is 17.8 Å². The number of aromatic hydroxyl groups is 1. The molecule has 2 aliphatic rings. The predicted molar refractivity (Wildman–Crippen MR) is 141 cm³/mol. The number of rotatable bonds is 5. The zero-order valence-corrected chi connectivity index (χ0v) is 22.5. The van der Waals surface area contributed by atoms with Gasteiger partial charge in [0.25, 0.3) is 5.91 Å². The quantitative estimate of drug-likeness (QED) is 0.309. The van der Waals surface area contributed by atoms with Crippen molar-refractivity contribution in [2.24, 2.45) is 11.8 Å². The molecular weight excluding hydrogens is 520 g/mol. The van der Waals surface area contributed by atoms with E-state index in [0.29, 0.717) is 5.56 Å². The zero-order valence-electron chi connectivity index (χ0n) is 22.5. The number of carbonyl (C=O) groups excluding carboxylic acids is 4. The molecule has 40 heavy (non-hydrogen) atoms. The fourth-order valence-corrected chi connectivity index (χ4v) is 4.75. The second-order valence-electron chi connectivity index (χ2n) is 10.3. The molecule has 13 nitrogen and oxygen atoms in total. The number of aliphatic hydroxyl groups is 1. The van der Waals surface area contributed by atoms with Gasteiger partial charge >= 0.3 is 0 Å². The van der Waals surface area contributed by atoms with Gasteiger partial charge in [-0.05, 0) is 37.1 Å². The molecular formula is C27H34N6O7. The molecule has 2 aromatic rings. The maximum Gasteiger partial charge on any atom is 0.274 e. The third-order valence-electron chi connectivity index (χ3n) is 7.55. The Balaban J connectivity index is 1.71. The number of aliphatic hydroxyl groups excluding tert-OH is 1. The first-order chi connectivity index (χ1) is 19.1. The average molecular weight is 555 g/mol. The molecule has 2 saturated heterocycles. The number of likely N-dealkylation sites (N-methyl/N-ethyl adjacent to an activating group) is 1. The largest absolute Gasteiger partial charge is 0.505 e. The van der Waals surface area contributed by atoms with Crippen LogP contribution in [0.25, 0.3) is 0 Å². The minimum atomic E-state index is -1.35. The normalized spacial score (nSPS) is 28.4. The highest BCUT2D eigenvalue weighted by molar-refractivity contribution is 5.98. The molecule has 4 heterocycles. The van der Waals surface area contributed by atoms with Gasteiger partial charge in [-0.1, -0.05) is 13.0 Å². The average Bonchev–Trinajstić information content (AvgIpc) is 2.92. The van der Waals surface area contributed by atoms with E-state index in [-0.39, 0.29) is 37.0 Å². The number of hydrogen-bond acceptors (Lipinski definition) is 9. The van der Waals surface area contributed by atoms with Gasteiger partial charge in [0, 0.05) is 31.6 Å². The Morgan fingerprint density at radius 2 is 1.85 bits per heavy atom. The van der Waals surface area contributed by atoms with Crippen molar-refractivity contribution in [1.82, 2.24) is 30.8 Å². The van der Waals surface area contributed by atoms with Gasteiger partial charge in [-0.25, -0.2) is 4.98 Å². The van der Waals surface area contributed by atoms with Crippen LogP contribution in [0.2, 0.25) is 0 Å². The number of nitrogens with one attached hydrogen (secondary N) is 3. The smallest absolute Gasteiger partial charge is 0.274 e. The first-order valence-electron chi connectivity index (χ1n) is 13.1. The molecule has 1 unspecified atom stereocenters. The molecule has 0 aromatic carbocycles. The summed E-state index contributed by atoms with van der Waals surface area (Å²) < 4.78 is 5.26. The Hall–Kier alpha value is -4.10. The van der Waals surface area contributed by atoms with Crippen molar-refractivity contribution < 1.29 is 34.1 Å². The van der Waals surface area contributed by atoms with Gasteiger partial charge in [0.2, 0.25) is 17.7 Å². The molecule has 0 bridgehead atoms. The van der Waals surface area contributed by atoms with Gasteiger partial charge in [0.05, 0.1) is 37.3 Å². The van der Waals surface area contributed by atoms with E-state index in [2.05, 4.69) is 25.9 Å². The Morgan fingerprint density at radius 1 is 1.12 bits per heavy atom. The molecule has 0 saturated carbocycles. The highest BCUT2D eigenvalue weighted by atomic mass is 16.5. The maximum absolute atomic E-state index is 13.8. The van der Waals surface area contributed by atoms with Crippen LogP contribution in [-0.2, 0) is 25.5 Å². The van der Waals surface area contributed by atoms with Crippen LogP contribution >= 0.6 is 0 Å². The topological polar surface area (TPSA) is 183 Å². The summed E-state index contributed by atoms with van der Waals surface area (Å²) in [5.41, 5.74) is 0.412. The summed E-state index contributed by atoms with van der Waals surface area (Å²) in [6.07, 6.45) is 3.30. The molecule has 5 N–H and O–H groups in total. The van der Waals surface area contributed by atoms with E-state index < -0.39 is 59.8 Å². The van der Waals surface area contributed by atoms with Gasteiger partial charge < -0.3 is 35.8 Å². The molecule has 2 aliphatic heterocycles. The molecule has 0 spiro atoms. The SMILES string of the molecule is C[C@@H]1[C@H](NC(=O)c2ncccc2O)C(=O)N[C@@H](Cc2cccnc2)[C@@H](O)[C@@H](C)C(=O)NC(C2COC2)C(=O)N1C. The van der Waals surface area contributed by atoms with Gasteiger partial charge in [-0.3, -0.25) is 24.2 Å². The van der Waals surface area contributed by atoms with E-state index in [4.69, 9.17) is 4.74 Å². The van der Waals surface area contributed by atoms with Crippen LogP contribution in [0.4, 0.5) is 0 Å². The summed E-state index contributed by atoms with van der Waals surface area (Å²) >= 11 is 0. The Kier molecular flexibility index (Phi) is 8.95. The fraction of sp³-hybridized carbons (Fsp3) is 0.481. The number of ether oxygens (including phenoxy) is 1. The van der Waals surface area contributed by atoms with Crippen LogP contribution in [-0.4, -0.2) is 99.2 Å². The third kappa shape index (κ3) is 6.20. The molecule has 6 atom stereocenters. The first kappa shape index (κ1) is 28.9. The summed E-state index contributed by atoms with van der Waals surface area (Å²) in [6, 6.07) is 2.11. The lowest BCUT2D eigenvalue weighted by molar-refractivity contribution is -0.148. The van der Waals surface area contributed by atoms with Crippen LogP contribution in [0.3, 0.4) is 0 Å². The minimum absolute atomic E-state index is 0.142. The minimum Gasteiger partial charge on any atom is -0.505 e. The molecule has 13 heteroatoms. The number of hydrogen-bond donors (Lipinski definition) is 5. The summed E-state index contributed by atoms with van der Waals surface area (Å²) in [5, 5.41) is 29.6. The second kappa shape index (κ2) is 12.4. The number of nitrogens with zero attached hydrogens (tertiary/aromatic N) is 3. The van der Waals surface area contributed by atoms with Crippen molar-refractivity contribution in [3.05, 3.63) is 54.1 Å². The molecule has 0 aliphatic carbocycles. The summed E-state index contributed by atoms with van der Waals surface area (Å²) in [7, 11) is 1.48. The summed E-state index contributed by atoms with van der Waals surface area (Å²) in [6.45, 7) is 3.62. The standard InChI is InChI=1S/C27H34N6O7/c1-14-23(35)18(10-16-6-4-8-28-11-16)30-25(37)20(31-26(38)22-19(34)7-5-9-29-22)15(2)33(3)27(39)21(32-24(14)36)17-12-40-13-17/h4-9,11,14-15,17-18,20-21,23,34-35H,10,12-13H2,1-3H3,(H,30,37)(H,31,38)(H,32,36)/t14-,15-,18+,20+,21?,23+/m1/s1. The molecule has 4 amide bonds. The predicted octanol–water partition coefficient (Wildman–Crippen LogP) is -1.00. The van der Waals surface area contributed by atoms with Gasteiger partial charge in [-0.15, -0.1) is 0 Å². The Morgan fingerprint density at radius 3 is 2.48 bits per heavy atom. The molecule has 4 rings (SSSR count). The fourth-order valence-electron chi connectivity index (χ4n) is 4.75. The Labute approximate surface area is 231 Å². The molecule has 2 fully saturated rings. The highest BCUT2D eigenvalue weighted by Gasteiger charge is 2.43. The number of carbonyl (C=O) groups is 4. The van der Waals surface area contributed by atoms with Crippen molar-refractivity contribution >= 4 is 23.6 Å². The van der Waals surface area contributed by atoms with E-state index in [1.165, 1.54) is 37.2 Å². The van der Waals surface area contributed by atoms with Crippen LogP contribution < -0.4 is 16.0 Å². The molecule has 2 aromatic heterocycles. The van der Waals surface area contributed by atoms with E-state index in [9.17, 15) is 29.4 Å². The van der Waals surface area contributed by atoms with E-state index in [1.807, 2.05) is 0 Å². The van der Waals surface area contributed by atoms with Crippen LogP contribution in [0.5, 0.6) is 5.75 Å². The van der Waals surface area contributed by atoms with Crippen molar-refractivity contribution in [3.8, 4) is 5.75 Å². The number of aromatic nitrogens is 2. The highest BCUT2D eigenvalue weighted by Crippen LogP contribution is 2.22. The molecule has 0 radical (unpaired) electrons. The first-order valence-corrected chi connectivity index (χ1v) is 13.1. The molecule has 214 valence electrons. The van der Waals surface area contributed by atoms with E-state index >= 15 is 0 Å². The van der Waals surface area contributed by atoms with Crippen molar-refractivity contribution in [1.29, 1.82) is 0 Å². The summed E-state index contributed by atoms with van der Waals surface area (Å²) in [4.78, 5) is 63.0. The van der Waals surface area contributed by atoms with Crippen LogP contribution in [0, 0.1) is 11.8 Å². The van der Waals surface area contributed by atoms with Crippen molar-refractivity contribution in [2.45, 2.75) is 50.5 Å². The van der Waals surface area contributed by atoms with Crippen LogP contribution in [0.15, 0.2) is 42.9 Å². The van der Waals surface area contributed by atoms with Gasteiger partial charge in [-0.2, -0.15) is 0 Å². The lowest BCUT2D eigenvalue weighted by atomic mass is 9.90. The van der Waals surface area contributed by atoms with Crippen LogP contribution in [0.1, 0.15) is 29.9 Å². The van der Waals surface area contributed by atoms with Gasteiger partial charge in [0.15, 0.2) is 5.69 Å². The maximum atomic E-state index is 13.8. The summed E-state index contributed by atoms with van der Waals surface area (Å²) in [5.74, 6) is -4.21. The zero-order chi connectivity index (χ0) is 29.0. The lowest BCUT2D eigenvalue weighted by Crippen LogP contribution is -2.65. The monoisotopic (exact) mass is 554 g/mol. The second-order valence-corrected chi connectivity index (χ2v) is 10.3. The van der Waals surface area contributed by atoms with Crippen molar-refractivity contribution in [2.75, 3.05) is 20.3 Å². The van der Waals surface area contributed by atoms with Crippen molar-refractivity contribution in [3.63, 3.8) is 0 Å².